The number of rotatable bonds is 5. The highest BCUT2D eigenvalue weighted by Gasteiger charge is 2.15. The molecule has 3 aromatic rings. The third-order valence-electron chi connectivity index (χ3n) is 4.15. The standard InChI is InChI=1S/C15H19ClN8O/c1-10-8-12(22-21-10)18-13-11-9-17-24(14(11)20-15(16)19-13)3-2-23-4-6-25-7-5-23/h8-9H,2-7H2,1H3,(H2,18,19,20,21,22). The first-order chi connectivity index (χ1) is 12.2. The fraction of sp³-hybridized carbons (Fsp3) is 0.467. The smallest absolute Gasteiger partial charge is 0.226 e. The van der Waals surface area contributed by atoms with Crippen LogP contribution in [0.25, 0.3) is 11.0 Å². The minimum absolute atomic E-state index is 0.176. The van der Waals surface area contributed by atoms with E-state index >= 15 is 0 Å². The minimum Gasteiger partial charge on any atom is -0.379 e. The van der Waals surface area contributed by atoms with Crippen molar-refractivity contribution < 1.29 is 4.74 Å². The maximum Gasteiger partial charge on any atom is 0.226 e. The molecule has 1 aliphatic rings. The Kier molecular flexibility index (Phi) is 4.51. The van der Waals surface area contributed by atoms with E-state index in [1.807, 2.05) is 17.7 Å². The second-order valence-electron chi connectivity index (χ2n) is 5.96. The summed E-state index contributed by atoms with van der Waals surface area (Å²) in [7, 11) is 0. The first-order valence-corrected chi connectivity index (χ1v) is 8.55. The number of H-pyrrole nitrogens is 1. The van der Waals surface area contributed by atoms with Crippen molar-refractivity contribution >= 4 is 34.3 Å². The highest BCUT2D eigenvalue weighted by molar-refractivity contribution is 6.28. The van der Waals surface area contributed by atoms with Gasteiger partial charge >= 0.3 is 0 Å². The Bertz CT molecular complexity index is 870. The number of ether oxygens (including phenoxy) is 1. The van der Waals surface area contributed by atoms with Gasteiger partial charge < -0.3 is 10.1 Å². The van der Waals surface area contributed by atoms with Crippen LogP contribution in [0.2, 0.25) is 5.28 Å². The molecule has 0 bridgehead atoms. The minimum atomic E-state index is 0.176. The molecule has 0 unspecified atom stereocenters. The van der Waals surface area contributed by atoms with E-state index in [4.69, 9.17) is 16.3 Å². The zero-order valence-electron chi connectivity index (χ0n) is 13.9. The van der Waals surface area contributed by atoms with E-state index in [9.17, 15) is 0 Å². The van der Waals surface area contributed by atoms with Crippen molar-refractivity contribution in [1.29, 1.82) is 0 Å². The van der Waals surface area contributed by atoms with Crippen molar-refractivity contribution in [3.63, 3.8) is 0 Å². The molecule has 0 amide bonds. The number of nitrogens with zero attached hydrogens (tertiary/aromatic N) is 6. The average Bonchev–Trinajstić information content (AvgIpc) is 3.20. The Morgan fingerprint density at radius 3 is 2.88 bits per heavy atom. The highest BCUT2D eigenvalue weighted by Crippen LogP contribution is 2.24. The molecule has 3 aromatic heterocycles. The van der Waals surface area contributed by atoms with Crippen LogP contribution in [0.5, 0.6) is 0 Å². The van der Waals surface area contributed by atoms with Crippen LogP contribution in [-0.4, -0.2) is 67.7 Å². The van der Waals surface area contributed by atoms with Crippen LogP contribution < -0.4 is 5.32 Å². The first-order valence-electron chi connectivity index (χ1n) is 8.17. The molecule has 10 heteroatoms. The summed E-state index contributed by atoms with van der Waals surface area (Å²) in [5.41, 5.74) is 1.67. The zero-order valence-corrected chi connectivity index (χ0v) is 14.6. The lowest BCUT2D eigenvalue weighted by Gasteiger charge is -2.26. The number of aryl methyl sites for hydroxylation is 1. The van der Waals surface area contributed by atoms with Crippen molar-refractivity contribution in [1.82, 2.24) is 34.8 Å². The Morgan fingerprint density at radius 1 is 1.28 bits per heavy atom. The van der Waals surface area contributed by atoms with Crippen LogP contribution >= 0.6 is 11.6 Å². The fourth-order valence-electron chi connectivity index (χ4n) is 2.85. The number of hydrogen-bond acceptors (Lipinski definition) is 7. The summed E-state index contributed by atoms with van der Waals surface area (Å²) in [6, 6.07) is 1.89. The third-order valence-corrected chi connectivity index (χ3v) is 4.32. The van der Waals surface area contributed by atoms with Crippen LogP contribution in [0.3, 0.4) is 0 Å². The Hall–Kier alpha value is -2.23. The van der Waals surface area contributed by atoms with Gasteiger partial charge in [0, 0.05) is 31.4 Å². The van der Waals surface area contributed by atoms with Gasteiger partial charge in [-0.2, -0.15) is 20.2 Å². The van der Waals surface area contributed by atoms with Crippen LogP contribution in [0.1, 0.15) is 5.69 Å². The van der Waals surface area contributed by atoms with Gasteiger partial charge in [-0.3, -0.25) is 10.00 Å². The summed E-state index contributed by atoms with van der Waals surface area (Å²) in [6.07, 6.45) is 1.76. The molecule has 0 radical (unpaired) electrons. The largest absolute Gasteiger partial charge is 0.379 e. The number of fused-ring (bicyclic) bond motifs is 1. The lowest BCUT2D eigenvalue weighted by Crippen LogP contribution is -2.38. The molecule has 0 spiro atoms. The summed E-state index contributed by atoms with van der Waals surface area (Å²) >= 11 is 6.11. The van der Waals surface area contributed by atoms with E-state index in [2.05, 4.69) is 35.5 Å². The monoisotopic (exact) mass is 362 g/mol. The van der Waals surface area contributed by atoms with Crippen molar-refractivity contribution in [2.75, 3.05) is 38.2 Å². The normalized spacial score (nSPS) is 15.8. The van der Waals surface area contributed by atoms with E-state index in [1.165, 1.54) is 0 Å². The third kappa shape index (κ3) is 3.58. The van der Waals surface area contributed by atoms with Gasteiger partial charge in [0.25, 0.3) is 0 Å². The van der Waals surface area contributed by atoms with Gasteiger partial charge in [0.15, 0.2) is 11.5 Å². The van der Waals surface area contributed by atoms with Gasteiger partial charge in [-0.25, -0.2) is 4.68 Å². The highest BCUT2D eigenvalue weighted by atomic mass is 35.5. The summed E-state index contributed by atoms with van der Waals surface area (Å²) in [5, 5.41) is 15.7. The van der Waals surface area contributed by atoms with E-state index in [0.717, 1.165) is 50.5 Å². The van der Waals surface area contributed by atoms with Gasteiger partial charge in [-0.15, -0.1) is 0 Å². The molecule has 0 saturated carbocycles. The molecule has 9 nitrogen and oxygen atoms in total. The van der Waals surface area contributed by atoms with Crippen LogP contribution in [0.4, 0.5) is 11.6 Å². The van der Waals surface area contributed by atoms with Crippen LogP contribution in [0.15, 0.2) is 12.3 Å². The van der Waals surface area contributed by atoms with E-state index in [0.29, 0.717) is 17.3 Å². The molecular formula is C15H19ClN8O. The van der Waals surface area contributed by atoms with Crippen molar-refractivity contribution in [3.8, 4) is 0 Å². The van der Waals surface area contributed by atoms with Crippen LogP contribution in [0, 0.1) is 6.92 Å². The molecule has 0 aromatic carbocycles. The summed E-state index contributed by atoms with van der Waals surface area (Å²) in [6.45, 7) is 7.02. The molecular weight excluding hydrogens is 344 g/mol. The number of anilines is 2. The predicted octanol–water partition coefficient (Wildman–Crippen LogP) is 1.59. The second kappa shape index (κ2) is 6.95. The molecule has 0 aliphatic carbocycles. The van der Waals surface area contributed by atoms with E-state index in [1.54, 1.807) is 6.20 Å². The number of aromatic amines is 1. The molecule has 4 heterocycles. The molecule has 1 aliphatic heterocycles. The Balaban J connectivity index is 1.57. The van der Waals surface area contributed by atoms with Crippen LogP contribution in [-0.2, 0) is 11.3 Å². The second-order valence-corrected chi connectivity index (χ2v) is 6.30. The van der Waals surface area contributed by atoms with Gasteiger partial charge in [0.1, 0.15) is 5.82 Å². The lowest BCUT2D eigenvalue weighted by atomic mass is 10.3. The number of hydrogen-bond donors (Lipinski definition) is 2. The fourth-order valence-corrected chi connectivity index (χ4v) is 3.02. The summed E-state index contributed by atoms with van der Waals surface area (Å²) < 4.78 is 7.24. The van der Waals surface area contributed by atoms with E-state index in [-0.39, 0.29) is 5.28 Å². The first kappa shape index (κ1) is 16.2. The number of nitrogens with one attached hydrogen (secondary N) is 2. The maximum atomic E-state index is 6.11. The number of morpholine rings is 1. The molecule has 0 atom stereocenters. The molecule has 25 heavy (non-hydrogen) atoms. The average molecular weight is 363 g/mol. The van der Waals surface area contributed by atoms with Crippen molar-refractivity contribution in [2.24, 2.45) is 0 Å². The van der Waals surface area contributed by atoms with E-state index < -0.39 is 0 Å². The summed E-state index contributed by atoms with van der Waals surface area (Å²) in [5.74, 6) is 1.27. The van der Waals surface area contributed by atoms with Gasteiger partial charge in [0.2, 0.25) is 5.28 Å². The zero-order chi connectivity index (χ0) is 17.2. The Labute approximate surface area is 149 Å². The topological polar surface area (TPSA) is 96.8 Å². The quantitative estimate of drug-likeness (QED) is 0.665. The molecule has 1 saturated heterocycles. The molecule has 1 fully saturated rings. The number of aromatic nitrogens is 6. The SMILES string of the molecule is Cc1cc(Nc2nc(Cl)nc3c2cnn3CCN2CCOCC2)n[nH]1. The van der Waals surface area contributed by atoms with Crippen molar-refractivity contribution in [2.45, 2.75) is 13.5 Å². The maximum absolute atomic E-state index is 6.11. The summed E-state index contributed by atoms with van der Waals surface area (Å²) in [4.78, 5) is 11.0. The molecule has 4 rings (SSSR count). The number of halogens is 1. The molecule has 2 N–H and O–H groups in total. The Morgan fingerprint density at radius 2 is 2.12 bits per heavy atom. The molecule has 132 valence electrons. The van der Waals surface area contributed by atoms with Crippen molar-refractivity contribution in [3.05, 3.63) is 23.2 Å². The van der Waals surface area contributed by atoms with Gasteiger partial charge in [-0.1, -0.05) is 0 Å². The lowest BCUT2D eigenvalue weighted by molar-refractivity contribution is 0.0361. The van der Waals surface area contributed by atoms with Gasteiger partial charge in [-0.05, 0) is 18.5 Å². The predicted molar refractivity (Wildman–Crippen MR) is 94.2 cm³/mol. The van der Waals surface area contributed by atoms with Gasteiger partial charge in [0.05, 0.1) is 31.3 Å².